The van der Waals surface area contributed by atoms with Crippen molar-refractivity contribution < 1.29 is 4.74 Å². The van der Waals surface area contributed by atoms with Crippen LogP contribution in [0.4, 0.5) is 0 Å². The summed E-state index contributed by atoms with van der Waals surface area (Å²) in [4.78, 5) is 4.06. The summed E-state index contributed by atoms with van der Waals surface area (Å²) in [6, 6.07) is 2.39. The van der Waals surface area contributed by atoms with E-state index in [0.717, 1.165) is 12.2 Å². The molecule has 0 bridgehead atoms. The number of rotatable bonds is 6. The largest absolute Gasteiger partial charge is 0.495 e. The number of methoxy groups -OCH3 is 1. The number of ether oxygens (including phenoxy) is 1. The van der Waals surface area contributed by atoms with Gasteiger partial charge in [-0.3, -0.25) is 4.98 Å². The lowest BCUT2D eigenvalue weighted by Crippen LogP contribution is -2.17. The fourth-order valence-electron chi connectivity index (χ4n) is 1.71. The van der Waals surface area contributed by atoms with Crippen molar-refractivity contribution in [3.8, 4) is 5.75 Å². The van der Waals surface area contributed by atoms with Gasteiger partial charge >= 0.3 is 0 Å². The summed E-state index contributed by atoms with van der Waals surface area (Å²) in [7, 11) is 3.67. The van der Waals surface area contributed by atoms with E-state index < -0.39 is 0 Å². The second-order valence-corrected chi connectivity index (χ2v) is 3.60. The Labute approximate surface area is 91.9 Å². The third kappa shape index (κ3) is 3.20. The highest BCUT2D eigenvalue weighted by Gasteiger charge is 2.13. The highest BCUT2D eigenvalue weighted by molar-refractivity contribution is 5.32. The van der Waals surface area contributed by atoms with Crippen molar-refractivity contribution in [2.24, 2.45) is 0 Å². The van der Waals surface area contributed by atoms with Crippen LogP contribution in [0.1, 0.15) is 37.8 Å². The van der Waals surface area contributed by atoms with Gasteiger partial charge in [-0.15, -0.1) is 0 Å². The lowest BCUT2D eigenvalue weighted by Gasteiger charge is -2.18. The summed E-state index contributed by atoms with van der Waals surface area (Å²) in [5, 5.41) is 3.32. The van der Waals surface area contributed by atoms with Crippen molar-refractivity contribution >= 4 is 0 Å². The lowest BCUT2D eigenvalue weighted by molar-refractivity contribution is 0.395. The van der Waals surface area contributed by atoms with Gasteiger partial charge in [0, 0.05) is 17.8 Å². The Hall–Kier alpha value is -1.09. The topological polar surface area (TPSA) is 34.2 Å². The maximum absolute atomic E-state index is 5.31. The zero-order valence-corrected chi connectivity index (χ0v) is 9.79. The molecule has 0 aromatic carbocycles. The second-order valence-electron chi connectivity index (χ2n) is 3.60. The highest BCUT2D eigenvalue weighted by atomic mass is 16.5. The van der Waals surface area contributed by atoms with Crippen molar-refractivity contribution in [2.75, 3.05) is 14.2 Å². The summed E-state index contributed by atoms with van der Waals surface area (Å²) >= 11 is 0. The molecule has 3 nitrogen and oxygen atoms in total. The van der Waals surface area contributed by atoms with Crippen LogP contribution < -0.4 is 10.1 Å². The third-order valence-electron chi connectivity index (χ3n) is 2.61. The monoisotopic (exact) mass is 208 g/mol. The predicted octanol–water partition coefficient (Wildman–Crippen LogP) is 2.54. The van der Waals surface area contributed by atoms with Gasteiger partial charge in [-0.1, -0.05) is 19.8 Å². The van der Waals surface area contributed by atoms with Crippen LogP contribution in [-0.2, 0) is 0 Å². The van der Waals surface area contributed by atoms with E-state index >= 15 is 0 Å². The zero-order chi connectivity index (χ0) is 11.1. The molecule has 1 atom stereocenters. The molecule has 0 saturated heterocycles. The molecule has 1 N–H and O–H groups in total. The summed E-state index contributed by atoms with van der Waals surface area (Å²) in [6.45, 7) is 2.20. The van der Waals surface area contributed by atoms with Gasteiger partial charge < -0.3 is 10.1 Å². The summed E-state index contributed by atoms with van der Waals surface area (Å²) in [5.74, 6) is 0.868. The van der Waals surface area contributed by atoms with E-state index in [1.807, 2.05) is 19.3 Å². The summed E-state index contributed by atoms with van der Waals surface area (Å²) in [5.41, 5.74) is 1.20. The molecule has 0 amide bonds. The van der Waals surface area contributed by atoms with Gasteiger partial charge in [0.15, 0.2) is 0 Å². The normalized spacial score (nSPS) is 12.5. The van der Waals surface area contributed by atoms with E-state index in [0.29, 0.717) is 6.04 Å². The zero-order valence-electron chi connectivity index (χ0n) is 9.79. The lowest BCUT2D eigenvalue weighted by atomic mass is 10.0. The van der Waals surface area contributed by atoms with Crippen LogP contribution in [0.5, 0.6) is 5.75 Å². The van der Waals surface area contributed by atoms with Gasteiger partial charge in [0.05, 0.1) is 13.3 Å². The quantitative estimate of drug-likeness (QED) is 0.780. The molecule has 0 radical (unpaired) electrons. The van der Waals surface area contributed by atoms with Crippen LogP contribution in [-0.4, -0.2) is 19.1 Å². The minimum absolute atomic E-state index is 0.364. The van der Waals surface area contributed by atoms with E-state index in [1.165, 1.54) is 18.4 Å². The molecule has 1 rings (SSSR count). The molecule has 1 aromatic rings. The van der Waals surface area contributed by atoms with Crippen molar-refractivity contribution in [1.29, 1.82) is 0 Å². The van der Waals surface area contributed by atoms with Gasteiger partial charge in [0.1, 0.15) is 5.75 Å². The molecule has 0 saturated carbocycles. The molecule has 0 aliphatic carbocycles. The van der Waals surface area contributed by atoms with E-state index in [2.05, 4.69) is 17.2 Å². The molecule has 3 heteroatoms. The molecular weight excluding hydrogens is 188 g/mol. The smallest absolute Gasteiger partial charge is 0.141 e. The Morgan fingerprint density at radius 3 is 2.93 bits per heavy atom. The number of pyridine rings is 1. The Balaban J connectivity index is 2.80. The summed E-state index contributed by atoms with van der Waals surface area (Å²) in [6.07, 6.45) is 7.15. The molecule has 84 valence electrons. The first kappa shape index (κ1) is 12.0. The first-order valence-corrected chi connectivity index (χ1v) is 5.48. The van der Waals surface area contributed by atoms with Gasteiger partial charge in [0.2, 0.25) is 0 Å². The van der Waals surface area contributed by atoms with Crippen LogP contribution in [0.2, 0.25) is 0 Å². The first-order valence-electron chi connectivity index (χ1n) is 5.48. The fourth-order valence-corrected chi connectivity index (χ4v) is 1.71. The number of unbranched alkanes of at least 4 members (excludes halogenated alkanes) is 1. The first-order chi connectivity index (χ1) is 7.33. The van der Waals surface area contributed by atoms with Crippen molar-refractivity contribution in [3.05, 3.63) is 24.0 Å². The molecule has 0 spiro atoms. The number of nitrogens with zero attached hydrogens (tertiary/aromatic N) is 1. The molecule has 1 heterocycles. The SMILES string of the molecule is CCCCC(NC)c1ccncc1OC. The number of hydrogen-bond donors (Lipinski definition) is 1. The van der Waals surface area contributed by atoms with Crippen molar-refractivity contribution in [3.63, 3.8) is 0 Å². The third-order valence-corrected chi connectivity index (χ3v) is 2.61. The van der Waals surface area contributed by atoms with Gasteiger partial charge in [-0.05, 0) is 19.5 Å². The van der Waals surface area contributed by atoms with E-state index in [-0.39, 0.29) is 0 Å². The highest BCUT2D eigenvalue weighted by Crippen LogP contribution is 2.26. The maximum Gasteiger partial charge on any atom is 0.141 e. The molecule has 1 unspecified atom stereocenters. The van der Waals surface area contributed by atoms with Crippen LogP contribution in [0.15, 0.2) is 18.5 Å². The van der Waals surface area contributed by atoms with Crippen LogP contribution in [0.25, 0.3) is 0 Å². The van der Waals surface area contributed by atoms with Crippen LogP contribution in [0.3, 0.4) is 0 Å². The molecular formula is C12H20N2O. The van der Waals surface area contributed by atoms with Gasteiger partial charge in [-0.25, -0.2) is 0 Å². The molecule has 15 heavy (non-hydrogen) atoms. The van der Waals surface area contributed by atoms with Gasteiger partial charge in [0.25, 0.3) is 0 Å². The number of aromatic nitrogens is 1. The molecule has 0 aliphatic rings. The van der Waals surface area contributed by atoms with Crippen molar-refractivity contribution in [2.45, 2.75) is 32.2 Å². The summed E-state index contributed by atoms with van der Waals surface area (Å²) < 4.78 is 5.31. The van der Waals surface area contributed by atoms with Crippen LogP contribution >= 0.6 is 0 Å². The average molecular weight is 208 g/mol. The van der Waals surface area contributed by atoms with Gasteiger partial charge in [-0.2, -0.15) is 0 Å². The number of nitrogens with one attached hydrogen (secondary N) is 1. The fraction of sp³-hybridized carbons (Fsp3) is 0.583. The van der Waals surface area contributed by atoms with E-state index in [9.17, 15) is 0 Å². The Bertz CT molecular complexity index is 289. The van der Waals surface area contributed by atoms with Crippen molar-refractivity contribution in [1.82, 2.24) is 10.3 Å². The molecule has 0 fully saturated rings. The van der Waals surface area contributed by atoms with E-state index in [4.69, 9.17) is 4.74 Å². The average Bonchev–Trinajstić information content (AvgIpc) is 2.30. The predicted molar refractivity (Wildman–Crippen MR) is 62.1 cm³/mol. The minimum atomic E-state index is 0.364. The maximum atomic E-state index is 5.31. The second kappa shape index (κ2) is 6.40. The Kier molecular flexibility index (Phi) is 5.12. The molecule has 0 aliphatic heterocycles. The Morgan fingerprint density at radius 1 is 1.53 bits per heavy atom. The van der Waals surface area contributed by atoms with E-state index in [1.54, 1.807) is 13.3 Å². The standard InChI is InChI=1S/C12H20N2O/c1-4-5-6-11(13-2)10-7-8-14-9-12(10)15-3/h7-9,11,13H,4-6H2,1-3H3. The Morgan fingerprint density at radius 2 is 2.33 bits per heavy atom. The number of hydrogen-bond acceptors (Lipinski definition) is 3. The van der Waals surface area contributed by atoms with Crippen LogP contribution in [0, 0.1) is 0 Å². The molecule has 1 aromatic heterocycles. The minimum Gasteiger partial charge on any atom is -0.495 e.